The van der Waals surface area contributed by atoms with Crippen LogP contribution in [0.2, 0.25) is 0 Å². The minimum Gasteiger partial charge on any atom is -0.445 e. The highest BCUT2D eigenvalue weighted by Crippen LogP contribution is 2.44. The summed E-state index contributed by atoms with van der Waals surface area (Å²) in [6.07, 6.45) is 5.36. The molecule has 0 saturated carbocycles. The summed E-state index contributed by atoms with van der Waals surface area (Å²) in [5.74, 6) is 1.20. The van der Waals surface area contributed by atoms with Crippen molar-refractivity contribution in [3.8, 4) is 11.3 Å². The Morgan fingerprint density at radius 3 is 2.50 bits per heavy atom. The Morgan fingerprint density at radius 1 is 1.00 bits per heavy atom. The number of hydrogen-bond donors (Lipinski definition) is 2. The quantitative estimate of drug-likeness (QED) is 0.271. The number of carbonyl (C=O) groups is 2. The average molecular weight is 562 g/mol. The topological polar surface area (TPSA) is 128 Å². The third-order valence-electron chi connectivity index (χ3n) is 7.40. The lowest BCUT2D eigenvalue weighted by Crippen LogP contribution is -2.33. The van der Waals surface area contributed by atoms with Gasteiger partial charge in [0, 0.05) is 36.3 Å². The molecule has 0 aliphatic carbocycles. The molecule has 0 unspecified atom stereocenters. The van der Waals surface area contributed by atoms with Gasteiger partial charge in [-0.1, -0.05) is 62.4 Å². The first kappa shape index (κ1) is 26.9. The molecular formula is C32H31N7O3. The molecule has 10 nitrogen and oxygen atoms in total. The van der Waals surface area contributed by atoms with Crippen molar-refractivity contribution < 1.29 is 14.3 Å². The number of nitrogens with zero attached hydrogens (tertiary/aromatic N) is 5. The predicted molar refractivity (Wildman–Crippen MR) is 159 cm³/mol. The zero-order valence-electron chi connectivity index (χ0n) is 23.4. The number of ether oxygens (including phenoxy) is 1. The number of hydrogen-bond acceptors (Lipinski definition) is 7. The van der Waals surface area contributed by atoms with Crippen LogP contribution < -0.4 is 11.1 Å². The van der Waals surface area contributed by atoms with Crippen LogP contribution in [0.3, 0.4) is 0 Å². The van der Waals surface area contributed by atoms with Crippen molar-refractivity contribution in [1.29, 1.82) is 0 Å². The van der Waals surface area contributed by atoms with Crippen molar-refractivity contribution in [2.75, 3.05) is 17.6 Å². The number of aromatic nitrogens is 4. The first-order valence-corrected chi connectivity index (χ1v) is 13.7. The predicted octanol–water partition coefficient (Wildman–Crippen LogP) is 5.74. The Balaban J connectivity index is 1.31. The maximum atomic E-state index is 13.4. The normalized spacial score (nSPS) is 16.0. The van der Waals surface area contributed by atoms with Crippen LogP contribution in [0.4, 0.5) is 16.4 Å². The Bertz CT molecular complexity index is 1740. The molecule has 1 atom stereocenters. The molecule has 5 aromatic rings. The van der Waals surface area contributed by atoms with E-state index in [0.717, 1.165) is 11.1 Å². The lowest BCUT2D eigenvalue weighted by atomic mass is 9.90. The van der Waals surface area contributed by atoms with E-state index < -0.39 is 6.09 Å². The standard InChI is InChI=1S/C32H31N7O3/c1-32(2)18-24(39(20-32)31(41)42-19-21-8-4-3-5-9-21)29-37-26(27-28(33)35-16-17-38(27)29)22-11-13-23(14-12-22)30(40)36-25-10-6-7-15-34-25/h3-17,24H,18-20H2,1-2H3,(H2,33,35)(H,34,36,40)/t24-/m0/s1. The van der Waals surface area contributed by atoms with Crippen LogP contribution >= 0.6 is 0 Å². The van der Waals surface area contributed by atoms with Crippen LogP contribution in [-0.2, 0) is 11.3 Å². The summed E-state index contributed by atoms with van der Waals surface area (Å²) in [6.45, 7) is 4.97. The second-order valence-corrected chi connectivity index (χ2v) is 11.1. The van der Waals surface area contributed by atoms with Crippen LogP contribution in [0.15, 0.2) is 91.4 Å². The van der Waals surface area contributed by atoms with Crippen molar-refractivity contribution in [3.05, 3.63) is 108 Å². The first-order chi connectivity index (χ1) is 20.3. The van der Waals surface area contributed by atoms with Gasteiger partial charge in [0.2, 0.25) is 0 Å². The lowest BCUT2D eigenvalue weighted by Gasteiger charge is -2.23. The third kappa shape index (κ3) is 5.38. The SMILES string of the molecule is CC1(C)C[C@@H](c2nc(-c3ccc(C(=O)Nc4ccccn4)cc3)c3c(N)nccn23)N(C(=O)OCc2ccccc2)C1. The van der Waals surface area contributed by atoms with Gasteiger partial charge < -0.3 is 15.8 Å². The highest BCUT2D eigenvalue weighted by atomic mass is 16.6. The van der Waals surface area contributed by atoms with Crippen molar-refractivity contribution in [3.63, 3.8) is 0 Å². The minimum atomic E-state index is -0.391. The van der Waals surface area contributed by atoms with Crippen LogP contribution in [0.25, 0.3) is 16.8 Å². The van der Waals surface area contributed by atoms with Gasteiger partial charge in [0.15, 0.2) is 0 Å². The molecule has 10 heteroatoms. The molecule has 2 aromatic carbocycles. The number of benzene rings is 2. The van der Waals surface area contributed by atoms with E-state index in [1.807, 2.05) is 53.1 Å². The third-order valence-corrected chi connectivity index (χ3v) is 7.40. The molecule has 212 valence electrons. The number of imidazole rings is 1. The fourth-order valence-corrected chi connectivity index (χ4v) is 5.42. The van der Waals surface area contributed by atoms with Crippen molar-refractivity contribution in [1.82, 2.24) is 24.3 Å². The summed E-state index contributed by atoms with van der Waals surface area (Å²) in [4.78, 5) is 41.4. The van der Waals surface area contributed by atoms with E-state index in [2.05, 4.69) is 29.1 Å². The lowest BCUT2D eigenvalue weighted by molar-refractivity contribution is 0.0887. The molecule has 1 aliphatic rings. The van der Waals surface area contributed by atoms with Crippen molar-refractivity contribution in [2.24, 2.45) is 5.41 Å². The van der Waals surface area contributed by atoms with Gasteiger partial charge >= 0.3 is 6.09 Å². The molecule has 2 amide bonds. The van der Waals surface area contributed by atoms with E-state index in [1.165, 1.54) is 0 Å². The number of anilines is 2. The van der Waals surface area contributed by atoms with Crippen molar-refractivity contribution >= 4 is 29.2 Å². The fraction of sp³-hybridized carbons (Fsp3) is 0.219. The Labute approximate surface area is 243 Å². The number of likely N-dealkylation sites (tertiary alicyclic amines) is 1. The van der Waals surface area contributed by atoms with Gasteiger partial charge in [0.05, 0.1) is 6.04 Å². The van der Waals surface area contributed by atoms with Gasteiger partial charge in [-0.05, 0) is 41.7 Å². The van der Waals surface area contributed by atoms with Crippen LogP contribution in [0.5, 0.6) is 0 Å². The molecule has 6 rings (SSSR count). The van der Waals surface area contributed by atoms with E-state index in [0.29, 0.717) is 47.2 Å². The maximum absolute atomic E-state index is 13.4. The van der Waals surface area contributed by atoms with E-state index in [9.17, 15) is 9.59 Å². The summed E-state index contributed by atoms with van der Waals surface area (Å²) < 4.78 is 7.64. The highest BCUT2D eigenvalue weighted by Gasteiger charge is 2.44. The molecule has 0 spiro atoms. The van der Waals surface area contributed by atoms with Gasteiger partial charge in [-0.15, -0.1) is 0 Å². The molecule has 3 aromatic heterocycles. The highest BCUT2D eigenvalue weighted by molar-refractivity contribution is 6.04. The van der Waals surface area contributed by atoms with E-state index in [4.69, 9.17) is 15.5 Å². The zero-order valence-corrected chi connectivity index (χ0v) is 23.4. The van der Waals surface area contributed by atoms with Gasteiger partial charge in [0.25, 0.3) is 5.91 Å². The Kier molecular flexibility index (Phi) is 7.03. The van der Waals surface area contributed by atoms with E-state index in [1.54, 1.807) is 47.6 Å². The average Bonchev–Trinajstić information content (AvgIpc) is 3.55. The molecule has 0 bridgehead atoms. The summed E-state index contributed by atoms with van der Waals surface area (Å²) in [5.41, 5.74) is 9.66. The number of nitrogens with two attached hydrogens (primary N) is 1. The van der Waals surface area contributed by atoms with Crippen molar-refractivity contribution in [2.45, 2.75) is 32.9 Å². The van der Waals surface area contributed by atoms with Gasteiger partial charge in [-0.2, -0.15) is 0 Å². The van der Waals surface area contributed by atoms with Gasteiger partial charge in [-0.25, -0.2) is 19.7 Å². The smallest absolute Gasteiger partial charge is 0.410 e. The summed E-state index contributed by atoms with van der Waals surface area (Å²) in [7, 11) is 0. The Hall–Kier alpha value is -5.25. The molecule has 1 fully saturated rings. The maximum Gasteiger partial charge on any atom is 0.410 e. The molecular weight excluding hydrogens is 530 g/mol. The first-order valence-electron chi connectivity index (χ1n) is 13.7. The summed E-state index contributed by atoms with van der Waals surface area (Å²) >= 11 is 0. The largest absolute Gasteiger partial charge is 0.445 e. The summed E-state index contributed by atoms with van der Waals surface area (Å²) in [5, 5.41) is 2.79. The van der Waals surface area contributed by atoms with Crippen LogP contribution in [-0.4, -0.2) is 42.8 Å². The molecule has 0 radical (unpaired) electrons. The second kappa shape index (κ2) is 11.0. The zero-order chi connectivity index (χ0) is 29.3. The fourth-order valence-electron chi connectivity index (χ4n) is 5.42. The van der Waals surface area contributed by atoms with Gasteiger partial charge in [0.1, 0.15) is 35.3 Å². The van der Waals surface area contributed by atoms with E-state index in [-0.39, 0.29) is 24.0 Å². The Morgan fingerprint density at radius 2 is 1.76 bits per heavy atom. The molecule has 1 aliphatic heterocycles. The van der Waals surface area contributed by atoms with Crippen LogP contribution in [0.1, 0.15) is 48.1 Å². The number of nitrogen functional groups attached to an aromatic ring is 1. The number of nitrogens with one attached hydrogen (secondary N) is 1. The number of rotatable bonds is 6. The molecule has 4 heterocycles. The number of carbonyl (C=O) groups excluding carboxylic acids is 2. The monoisotopic (exact) mass is 561 g/mol. The molecule has 42 heavy (non-hydrogen) atoms. The number of pyridine rings is 1. The second-order valence-electron chi connectivity index (χ2n) is 11.1. The van der Waals surface area contributed by atoms with Crippen LogP contribution in [0, 0.1) is 5.41 Å². The minimum absolute atomic E-state index is 0.149. The number of fused-ring (bicyclic) bond motifs is 1. The van der Waals surface area contributed by atoms with E-state index >= 15 is 0 Å². The summed E-state index contributed by atoms with van der Waals surface area (Å²) in [6, 6.07) is 21.7. The molecule has 1 saturated heterocycles. The molecule has 3 N–H and O–H groups in total. The number of amides is 2. The van der Waals surface area contributed by atoms with Gasteiger partial charge in [-0.3, -0.25) is 14.1 Å².